The first-order valence-electron chi connectivity index (χ1n) is 11.9. The molecule has 3 atom stereocenters. The van der Waals surface area contributed by atoms with Crippen molar-refractivity contribution in [2.24, 2.45) is 28.5 Å². The summed E-state index contributed by atoms with van der Waals surface area (Å²) in [6, 6.07) is 14.9. The first-order valence-corrected chi connectivity index (χ1v) is 11.9. The highest BCUT2D eigenvalue weighted by Crippen LogP contribution is 2.26. The first-order chi connectivity index (χ1) is 16.9. The fourth-order valence-corrected chi connectivity index (χ4v) is 4.63. The van der Waals surface area contributed by atoms with Crippen LogP contribution in [0.5, 0.6) is 0 Å². The summed E-state index contributed by atoms with van der Waals surface area (Å²) >= 11 is 0. The van der Waals surface area contributed by atoms with Gasteiger partial charge in [0.1, 0.15) is 0 Å². The summed E-state index contributed by atoms with van der Waals surface area (Å²) in [5, 5.41) is 15.0. The molecular weight excluding hydrogens is 446 g/mol. The molecule has 9 heteroatoms. The van der Waals surface area contributed by atoms with Gasteiger partial charge in [0.15, 0.2) is 0 Å². The van der Waals surface area contributed by atoms with Crippen molar-refractivity contribution >= 4 is 17.8 Å². The molecule has 1 fully saturated rings. The number of likely N-dealkylation sites (tertiary alicyclic amines) is 1. The Morgan fingerprint density at radius 2 is 1.97 bits per heavy atom. The molecule has 0 spiro atoms. The van der Waals surface area contributed by atoms with Crippen molar-refractivity contribution in [1.82, 2.24) is 10.2 Å². The topological polar surface area (TPSA) is 143 Å². The third kappa shape index (κ3) is 6.73. The van der Waals surface area contributed by atoms with E-state index in [0.717, 1.165) is 29.5 Å². The van der Waals surface area contributed by atoms with Crippen LogP contribution in [-0.4, -0.2) is 54.2 Å². The van der Waals surface area contributed by atoms with Crippen molar-refractivity contribution in [2.45, 2.75) is 38.8 Å². The van der Waals surface area contributed by atoms with Gasteiger partial charge in [-0.3, -0.25) is 9.59 Å². The van der Waals surface area contributed by atoms with Gasteiger partial charge in [-0.2, -0.15) is 0 Å². The first kappa shape index (κ1) is 26.0. The fourth-order valence-electron chi connectivity index (χ4n) is 4.63. The summed E-state index contributed by atoms with van der Waals surface area (Å²) in [5.74, 6) is -0.913. The highest BCUT2D eigenvalue weighted by Gasteiger charge is 2.32. The highest BCUT2D eigenvalue weighted by molar-refractivity contribution is 5.95. The number of rotatable bonds is 8. The van der Waals surface area contributed by atoms with Gasteiger partial charge in [-0.1, -0.05) is 35.5 Å². The van der Waals surface area contributed by atoms with Gasteiger partial charge in [0.2, 0.25) is 5.96 Å². The number of nitrogens with zero attached hydrogens (tertiary/aromatic N) is 2. The Balaban J connectivity index is 1.66. The number of benzene rings is 2. The predicted molar refractivity (Wildman–Crippen MR) is 135 cm³/mol. The van der Waals surface area contributed by atoms with Gasteiger partial charge in [-0.15, -0.1) is 0 Å². The van der Waals surface area contributed by atoms with Gasteiger partial charge in [-0.05, 0) is 67.0 Å². The molecule has 9 nitrogen and oxygen atoms in total. The van der Waals surface area contributed by atoms with E-state index in [1.807, 2.05) is 43.3 Å². The molecule has 1 heterocycles. The van der Waals surface area contributed by atoms with E-state index in [0.29, 0.717) is 31.6 Å². The van der Waals surface area contributed by atoms with Crippen LogP contribution >= 0.6 is 0 Å². The Bertz CT molecular complexity index is 1040. The molecule has 0 aromatic heterocycles. The van der Waals surface area contributed by atoms with Crippen LogP contribution < -0.4 is 16.8 Å². The summed E-state index contributed by atoms with van der Waals surface area (Å²) in [6.45, 7) is 3.57. The van der Waals surface area contributed by atoms with E-state index in [4.69, 9.17) is 21.4 Å². The van der Waals surface area contributed by atoms with Crippen LogP contribution in [0.15, 0.2) is 53.7 Å². The number of nitrogens with one attached hydrogen (secondary N) is 1. The largest absolute Gasteiger partial charge is 0.469 e. The Morgan fingerprint density at radius 1 is 1.23 bits per heavy atom. The molecule has 3 rings (SSSR count). The van der Waals surface area contributed by atoms with Crippen molar-refractivity contribution in [1.29, 1.82) is 0 Å². The van der Waals surface area contributed by atoms with Crippen molar-refractivity contribution in [3.05, 3.63) is 59.7 Å². The van der Waals surface area contributed by atoms with Crippen LogP contribution in [-0.2, 0) is 16.1 Å². The van der Waals surface area contributed by atoms with Gasteiger partial charge in [0.05, 0.1) is 13.0 Å². The number of hydrogen-bond acceptors (Lipinski definition) is 6. The van der Waals surface area contributed by atoms with Crippen LogP contribution in [0.3, 0.4) is 0 Å². The Labute approximate surface area is 206 Å². The second-order valence-electron chi connectivity index (χ2n) is 9.02. The zero-order valence-corrected chi connectivity index (χ0v) is 20.3. The Hall–Kier alpha value is -3.59. The minimum atomic E-state index is -0.514. The lowest BCUT2D eigenvalue weighted by Gasteiger charge is -2.35. The van der Waals surface area contributed by atoms with Gasteiger partial charge in [-0.25, -0.2) is 0 Å². The fraction of sp³-hybridized carbons (Fsp3) is 0.423. The summed E-state index contributed by atoms with van der Waals surface area (Å²) in [4.78, 5) is 27.3. The quantitative estimate of drug-likeness (QED) is 0.149. The second kappa shape index (κ2) is 12.2. The minimum Gasteiger partial charge on any atom is -0.469 e. The highest BCUT2D eigenvalue weighted by atomic mass is 16.5. The van der Waals surface area contributed by atoms with Crippen molar-refractivity contribution in [3.8, 4) is 11.1 Å². The number of oxime groups is 1. The minimum absolute atomic E-state index is 0.0730. The van der Waals surface area contributed by atoms with Gasteiger partial charge >= 0.3 is 5.97 Å². The molecule has 2 aromatic rings. The number of ether oxygens (including phenoxy) is 1. The van der Waals surface area contributed by atoms with E-state index in [2.05, 4.69) is 10.5 Å². The van der Waals surface area contributed by atoms with E-state index in [9.17, 15) is 9.59 Å². The number of methoxy groups -OCH3 is 1. The third-order valence-corrected chi connectivity index (χ3v) is 6.64. The maximum atomic E-state index is 12.9. The van der Waals surface area contributed by atoms with Crippen molar-refractivity contribution in [2.75, 3.05) is 20.2 Å². The number of amides is 1. The van der Waals surface area contributed by atoms with Crippen LogP contribution in [0.25, 0.3) is 11.1 Å². The lowest BCUT2D eigenvalue weighted by atomic mass is 9.85. The van der Waals surface area contributed by atoms with Crippen LogP contribution in [0.1, 0.15) is 42.1 Å². The van der Waals surface area contributed by atoms with Crippen LogP contribution in [0, 0.1) is 11.8 Å². The Kier molecular flexibility index (Phi) is 9.08. The lowest BCUT2D eigenvalue weighted by molar-refractivity contribution is -0.147. The molecule has 188 valence electrons. The number of piperidine rings is 1. The number of nitrogens with two attached hydrogens (primary N) is 2. The zero-order chi connectivity index (χ0) is 25.4. The molecule has 2 aromatic carbocycles. The zero-order valence-electron chi connectivity index (χ0n) is 20.3. The number of carbonyl (C=O) groups is 2. The molecular formula is C26H35N5O4. The van der Waals surface area contributed by atoms with E-state index < -0.39 is 12.0 Å². The van der Waals surface area contributed by atoms with Gasteiger partial charge < -0.3 is 31.6 Å². The molecule has 0 bridgehead atoms. The standard InChI is InChI=1S/C26H35N5O4/c1-17(23(25(33)35-2)14-19-6-4-12-31(16-19)26(28)30-34)29-24(32)21-10-8-20(9-11-21)22-7-3-5-18(13-22)15-27/h3,5,7-11,13,17,19,23,34H,4,6,12,14-16,27H2,1-2H3,(H2,28,30)(H,29,32). The summed E-state index contributed by atoms with van der Waals surface area (Å²) in [7, 11) is 1.35. The number of guanidine groups is 1. The maximum Gasteiger partial charge on any atom is 0.310 e. The van der Waals surface area contributed by atoms with Gasteiger partial charge in [0.25, 0.3) is 5.91 Å². The third-order valence-electron chi connectivity index (χ3n) is 6.64. The lowest BCUT2D eigenvalue weighted by Crippen LogP contribution is -2.47. The molecule has 1 aliphatic heterocycles. The monoisotopic (exact) mass is 481 g/mol. The summed E-state index contributed by atoms with van der Waals surface area (Å²) < 4.78 is 5.04. The molecule has 3 unspecified atom stereocenters. The second-order valence-corrected chi connectivity index (χ2v) is 9.02. The summed E-state index contributed by atoms with van der Waals surface area (Å²) in [5.41, 5.74) is 15.1. The molecule has 0 aliphatic carbocycles. The van der Waals surface area contributed by atoms with Crippen molar-refractivity contribution in [3.63, 3.8) is 0 Å². The molecule has 1 amide bonds. The normalized spacial score (nSPS) is 18.0. The summed E-state index contributed by atoms with van der Waals surface area (Å²) in [6.07, 6.45) is 2.31. The van der Waals surface area contributed by atoms with Gasteiger partial charge in [0, 0.05) is 31.2 Å². The Morgan fingerprint density at radius 3 is 2.63 bits per heavy atom. The molecule has 35 heavy (non-hydrogen) atoms. The average molecular weight is 482 g/mol. The molecule has 0 radical (unpaired) electrons. The van der Waals surface area contributed by atoms with E-state index in [-0.39, 0.29) is 23.8 Å². The average Bonchev–Trinajstić information content (AvgIpc) is 2.90. The van der Waals surface area contributed by atoms with E-state index >= 15 is 0 Å². The molecule has 6 N–H and O–H groups in total. The molecule has 0 saturated carbocycles. The molecule has 1 aliphatic rings. The van der Waals surface area contributed by atoms with E-state index in [1.54, 1.807) is 17.0 Å². The number of hydrogen-bond donors (Lipinski definition) is 4. The number of esters is 1. The molecule has 1 saturated heterocycles. The number of carbonyl (C=O) groups excluding carboxylic acids is 2. The SMILES string of the molecule is COC(=O)C(CC1CCCN(/C(N)=N/O)C1)C(C)NC(=O)c1ccc(-c2cccc(CN)c2)cc1. The van der Waals surface area contributed by atoms with Crippen LogP contribution in [0.4, 0.5) is 0 Å². The smallest absolute Gasteiger partial charge is 0.310 e. The van der Waals surface area contributed by atoms with Crippen LogP contribution in [0.2, 0.25) is 0 Å². The predicted octanol–water partition coefficient (Wildman–Crippen LogP) is 2.53. The maximum absolute atomic E-state index is 12.9. The van der Waals surface area contributed by atoms with E-state index in [1.165, 1.54) is 7.11 Å². The van der Waals surface area contributed by atoms with Crippen molar-refractivity contribution < 1.29 is 19.5 Å².